The van der Waals surface area contributed by atoms with Gasteiger partial charge in [-0.3, -0.25) is 10.00 Å². The van der Waals surface area contributed by atoms with Crippen LogP contribution in [0.25, 0.3) is 16.8 Å². The molecule has 1 atom stereocenters. The molecule has 0 spiro atoms. The average molecular weight is 354 g/mol. The van der Waals surface area contributed by atoms with Crippen LogP contribution in [-0.4, -0.2) is 56.9 Å². The summed E-state index contributed by atoms with van der Waals surface area (Å²) in [5.41, 5.74) is 4.92. The molecule has 0 amide bonds. The first-order chi connectivity index (χ1) is 12.6. The van der Waals surface area contributed by atoms with Gasteiger partial charge in [-0.15, -0.1) is 0 Å². The van der Waals surface area contributed by atoms with E-state index in [0.717, 1.165) is 41.1 Å². The Bertz CT molecular complexity index is 940. The van der Waals surface area contributed by atoms with E-state index < -0.39 is 5.97 Å². The van der Waals surface area contributed by atoms with Crippen LogP contribution in [0, 0.1) is 6.92 Å². The van der Waals surface area contributed by atoms with E-state index in [0.29, 0.717) is 18.8 Å². The summed E-state index contributed by atoms with van der Waals surface area (Å²) in [5, 5.41) is 16.7. The number of pyridine rings is 1. The van der Waals surface area contributed by atoms with Crippen molar-refractivity contribution in [1.29, 1.82) is 0 Å². The van der Waals surface area contributed by atoms with Crippen LogP contribution in [0.5, 0.6) is 0 Å². The Morgan fingerprint density at radius 1 is 1.35 bits per heavy atom. The zero-order valence-corrected chi connectivity index (χ0v) is 14.9. The number of carboxylic acids is 1. The molecule has 1 unspecified atom stereocenters. The summed E-state index contributed by atoms with van der Waals surface area (Å²) >= 11 is 0. The van der Waals surface area contributed by atoms with E-state index in [1.54, 1.807) is 12.3 Å². The minimum Gasteiger partial charge on any atom is -0.478 e. The maximum absolute atomic E-state index is 11.8. The second kappa shape index (κ2) is 6.59. The standard InChI is InChI=1S/C19H22N4O3/c1-12-16(19(24)25)10-15-9-14(17-3-4-20-21-17)11-23(15)18(12)13(2)22-5-7-26-8-6-22/h3-4,9-11,13H,5-8H2,1-2H3,(H,20,21)(H,24,25). The number of aromatic nitrogens is 3. The normalized spacial score (nSPS) is 16.8. The van der Waals surface area contributed by atoms with Gasteiger partial charge in [-0.1, -0.05) is 0 Å². The topological polar surface area (TPSA) is 82.9 Å². The first-order valence-electron chi connectivity index (χ1n) is 8.76. The number of H-pyrrole nitrogens is 1. The van der Waals surface area contributed by atoms with Gasteiger partial charge in [-0.25, -0.2) is 4.79 Å². The maximum Gasteiger partial charge on any atom is 0.336 e. The van der Waals surface area contributed by atoms with Crippen LogP contribution in [0.15, 0.2) is 30.6 Å². The van der Waals surface area contributed by atoms with Crippen molar-refractivity contribution in [2.75, 3.05) is 26.3 Å². The predicted molar refractivity (Wildman–Crippen MR) is 97.5 cm³/mol. The highest BCUT2D eigenvalue weighted by atomic mass is 16.5. The van der Waals surface area contributed by atoms with Crippen molar-refractivity contribution in [3.05, 3.63) is 47.4 Å². The van der Waals surface area contributed by atoms with Gasteiger partial charge < -0.3 is 14.2 Å². The fourth-order valence-electron chi connectivity index (χ4n) is 3.81. The first kappa shape index (κ1) is 16.8. The van der Waals surface area contributed by atoms with E-state index in [4.69, 9.17) is 4.74 Å². The van der Waals surface area contributed by atoms with Crippen LogP contribution in [0.1, 0.15) is 34.6 Å². The van der Waals surface area contributed by atoms with Gasteiger partial charge in [0.2, 0.25) is 0 Å². The molecule has 7 heteroatoms. The molecule has 26 heavy (non-hydrogen) atoms. The van der Waals surface area contributed by atoms with Gasteiger partial charge in [-0.05, 0) is 37.6 Å². The zero-order valence-electron chi connectivity index (χ0n) is 14.9. The van der Waals surface area contributed by atoms with Crippen LogP contribution < -0.4 is 0 Å². The number of aromatic carboxylic acids is 1. The van der Waals surface area contributed by atoms with Gasteiger partial charge in [0.25, 0.3) is 0 Å². The van der Waals surface area contributed by atoms with Crippen LogP contribution in [0.2, 0.25) is 0 Å². The molecule has 0 aliphatic carbocycles. The second-order valence-corrected chi connectivity index (χ2v) is 6.69. The molecule has 2 N–H and O–H groups in total. The minimum absolute atomic E-state index is 0.0858. The van der Waals surface area contributed by atoms with Crippen LogP contribution in [0.3, 0.4) is 0 Å². The number of morpholine rings is 1. The molecule has 1 aliphatic heterocycles. The van der Waals surface area contributed by atoms with E-state index in [2.05, 4.69) is 26.4 Å². The van der Waals surface area contributed by atoms with E-state index in [9.17, 15) is 9.90 Å². The quantitative estimate of drug-likeness (QED) is 0.753. The largest absolute Gasteiger partial charge is 0.478 e. The SMILES string of the molecule is Cc1c(C(=O)O)cc2cc(-c3ccn[nH]3)cn2c1C(C)N1CCOCC1. The van der Waals surface area contributed by atoms with Gasteiger partial charge in [0.05, 0.1) is 24.5 Å². The number of aromatic amines is 1. The molecule has 7 nitrogen and oxygen atoms in total. The highest BCUT2D eigenvalue weighted by molar-refractivity contribution is 5.91. The molecular weight excluding hydrogens is 332 g/mol. The van der Waals surface area contributed by atoms with Crippen LogP contribution in [0.4, 0.5) is 0 Å². The minimum atomic E-state index is -0.898. The molecule has 1 aliphatic rings. The van der Waals surface area contributed by atoms with Gasteiger partial charge in [0.15, 0.2) is 0 Å². The molecule has 0 bridgehead atoms. The molecular formula is C19H22N4O3. The third kappa shape index (κ3) is 2.79. The number of fused-ring (bicyclic) bond motifs is 1. The van der Waals surface area contributed by atoms with Gasteiger partial charge in [0, 0.05) is 48.3 Å². The summed E-state index contributed by atoms with van der Waals surface area (Å²) in [5.74, 6) is -0.898. The van der Waals surface area contributed by atoms with E-state index in [1.807, 2.05) is 25.3 Å². The van der Waals surface area contributed by atoms with Crippen LogP contribution >= 0.6 is 0 Å². The van der Waals surface area contributed by atoms with Crippen molar-refractivity contribution in [2.24, 2.45) is 0 Å². The lowest BCUT2D eigenvalue weighted by molar-refractivity contribution is 0.0187. The monoisotopic (exact) mass is 354 g/mol. The van der Waals surface area contributed by atoms with Crippen LogP contribution in [-0.2, 0) is 4.74 Å². The molecule has 1 fully saturated rings. The number of hydrogen-bond acceptors (Lipinski definition) is 4. The number of nitrogens with zero attached hydrogens (tertiary/aromatic N) is 3. The predicted octanol–water partition coefficient (Wildman–Crippen LogP) is 2.73. The fraction of sp³-hybridized carbons (Fsp3) is 0.368. The van der Waals surface area contributed by atoms with Crippen molar-refractivity contribution in [1.82, 2.24) is 19.5 Å². The Morgan fingerprint density at radius 2 is 2.12 bits per heavy atom. The Morgan fingerprint density at radius 3 is 2.77 bits per heavy atom. The van der Waals surface area contributed by atoms with E-state index >= 15 is 0 Å². The highest BCUT2D eigenvalue weighted by Gasteiger charge is 2.25. The summed E-state index contributed by atoms with van der Waals surface area (Å²) in [6, 6.07) is 5.73. The van der Waals surface area contributed by atoms with Crippen molar-refractivity contribution in [3.63, 3.8) is 0 Å². The Labute approximate surface area is 151 Å². The second-order valence-electron chi connectivity index (χ2n) is 6.69. The van der Waals surface area contributed by atoms with Crippen molar-refractivity contribution >= 4 is 11.5 Å². The Balaban J connectivity index is 1.90. The van der Waals surface area contributed by atoms with Gasteiger partial charge >= 0.3 is 5.97 Å². The molecule has 136 valence electrons. The summed E-state index contributed by atoms with van der Waals surface area (Å²) in [6.07, 6.45) is 3.76. The third-order valence-electron chi connectivity index (χ3n) is 5.22. The van der Waals surface area contributed by atoms with Gasteiger partial charge in [0.1, 0.15) is 0 Å². The summed E-state index contributed by atoms with van der Waals surface area (Å²) in [7, 11) is 0. The molecule has 4 rings (SSSR count). The van der Waals surface area contributed by atoms with E-state index in [-0.39, 0.29) is 6.04 Å². The number of hydrogen-bond donors (Lipinski definition) is 2. The third-order valence-corrected chi connectivity index (χ3v) is 5.22. The Hall–Kier alpha value is -2.64. The molecule has 0 radical (unpaired) electrons. The van der Waals surface area contributed by atoms with E-state index in [1.165, 1.54) is 0 Å². The number of carbonyl (C=O) groups is 1. The van der Waals surface area contributed by atoms with Gasteiger partial charge in [-0.2, -0.15) is 5.10 Å². The summed E-state index contributed by atoms with van der Waals surface area (Å²) in [4.78, 5) is 14.1. The number of rotatable bonds is 4. The molecule has 0 saturated carbocycles. The maximum atomic E-state index is 11.8. The van der Waals surface area contributed by atoms with Crippen molar-refractivity contribution < 1.29 is 14.6 Å². The molecule has 1 saturated heterocycles. The Kier molecular flexibility index (Phi) is 4.26. The summed E-state index contributed by atoms with van der Waals surface area (Å²) < 4.78 is 7.57. The number of nitrogens with one attached hydrogen (secondary N) is 1. The van der Waals surface area contributed by atoms with Crippen molar-refractivity contribution in [2.45, 2.75) is 19.9 Å². The fourth-order valence-corrected chi connectivity index (χ4v) is 3.81. The molecule has 3 aromatic heterocycles. The lowest BCUT2D eigenvalue weighted by atomic mass is 10.0. The molecule has 0 aromatic carbocycles. The smallest absolute Gasteiger partial charge is 0.336 e. The zero-order chi connectivity index (χ0) is 18.3. The first-order valence-corrected chi connectivity index (χ1v) is 8.76. The van der Waals surface area contributed by atoms with Crippen molar-refractivity contribution in [3.8, 4) is 11.3 Å². The number of carboxylic acid groups (broad SMARTS) is 1. The average Bonchev–Trinajstić information content (AvgIpc) is 3.30. The molecule has 3 aromatic rings. The summed E-state index contributed by atoms with van der Waals surface area (Å²) in [6.45, 7) is 7.12. The molecule has 4 heterocycles. The lowest BCUT2D eigenvalue weighted by Crippen LogP contribution is -2.39. The number of ether oxygens (including phenoxy) is 1. The highest BCUT2D eigenvalue weighted by Crippen LogP contribution is 2.31. The lowest BCUT2D eigenvalue weighted by Gasteiger charge is -2.33.